The molecule has 8 nitrogen and oxygen atoms in total. The fraction of sp³-hybridized carbons (Fsp3) is 0.333. The third-order valence-electron chi connectivity index (χ3n) is 6.60. The van der Waals surface area contributed by atoms with Crippen molar-refractivity contribution >= 4 is 27.7 Å². The van der Waals surface area contributed by atoms with Crippen LogP contribution in [0, 0.1) is 5.82 Å². The maximum absolute atomic E-state index is 14.1. The lowest BCUT2D eigenvalue weighted by Crippen LogP contribution is -2.55. The van der Waals surface area contributed by atoms with Crippen molar-refractivity contribution in [1.82, 2.24) is 14.5 Å². The maximum Gasteiger partial charge on any atom is 0.304 e. The van der Waals surface area contributed by atoms with Crippen molar-refractivity contribution in [1.29, 1.82) is 0 Å². The molecule has 0 aliphatic carbocycles. The molecule has 3 rings (SSSR count). The molecule has 0 aliphatic heterocycles. The highest BCUT2D eigenvalue weighted by Gasteiger charge is 2.35. The molecule has 3 aromatic carbocycles. The summed E-state index contributed by atoms with van der Waals surface area (Å²) < 4.78 is 42.2. The summed E-state index contributed by atoms with van der Waals surface area (Å²) in [6.45, 7) is 3.35. The topological polar surface area (TPSA) is 90.0 Å². The molecule has 1 N–H and O–H groups in total. The van der Waals surface area contributed by atoms with Crippen LogP contribution < -0.4 is 9.62 Å². The Labute approximate surface area is 236 Å². The number of hydrogen-bond acceptors (Lipinski definition) is 4. The van der Waals surface area contributed by atoms with Crippen molar-refractivity contribution in [2.24, 2.45) is 0 Å². The predicted octanol–water partition coefficient (Wildman–Crippen LogP) is 3.99. The van der Waals surface area contributed by atoms with Crippen LogP contribution in [0.5, 0.6) is 0 Å². The van der Waals surface area contributed by atoms with E-state index in [-0.39, 0.29) is 30.6 Å². The molecular weight excluding hydrogens is 531 g/mol. The van der Waals surface area contributed by atoms with Gasteiger partial charge in [-0.25, -0.2) is 8.70 Å². The summed E-state index contributed by atoms with van der Waals surface area (Å²) in [5.74, 6) is -1.43. The highest BCUT2D eigenvalue weighted by Crippen LogP contribution is 2.22. The van der Waals surface area contributed by atoms with Crippen LogP contribution in [0.4, 0.5) is 10.1 Å². The number of rotatable bonds is 13. The largest absolute Gasteiger partial charge is 0.352 e. The van der Waals surface area contributed by atoms with Gasteiger partial charge in [0.05, 0.1) is 5.69 Å². The van der Waals surface area contributed by atoms with Crippen molar-refractivity contribution in [2.45, 2.75) is 45.3 Å². The quantitative estimate of drug-likeness (QED) is 0.338. The maximum atomic E-state index is 14.1. The molecule has 10 heteroatoms. The van der Waals surface area contributed by atoms with Gasteiger partial charge in [-0.05, 0) is 48.7 Å². The highest BCUT2D eigenvalue weighted by atomic mass is 32.2. The van der Waals surface area contributed by atoms with Gasteiger partial charge in [0, 0.05) is 33.1 Å². The van der Waals surface area contributed by atoms with Crippen molar-refractivity contribution in [3.8, 4) is 0 Å². The second-order valence-corrected chi connectivity index (χ2v) is 11.9. The van der Waals surface area contributed by atoms with E-state index < -0.39 is 34.5 Å². The molecule has 2 amide bonds. The first kappa shape index (κ1) is 30.8. The number of carbonyl (C=O) groups excluding carboxylic acids is 2. The Hall–Kier alpha value is -3.76. The van der Waals surface area contributed by atoms with Crippen molar-refractivity contribution in [3.63, 3.8) is 0 Å². The van der Waals surface area contributed by atoms with E-state index in [1.807, 2.05) is 74.5 Å². The summed E-state index contributed by atoms with van der Waals surface area (Å²) in [5, 5.41) is 3.00. The summed E-state index contributed by atoms with van der Waals surface area (Å²) in [6, 6.07) is 22.4. The summed E-state index contributed by atoms with van der Waals surface area (Å²) >= 11 is 0. The minimum absolute atomic E-state index is 0.0877. The summed E-state index contributed by atoms with van der Waals surface area (Å²) in [5.41, 5.74) is 1.77. The second-order valence-electron chi connectivity index (χ2n) is 9.80. The summed E-state index contributed by atoms with van der Waals surface area (Å²) in [6.07, 6.45) is 0.939. The zero-order chi connectivity index (χ0) is 29.3. The van der Waals surface area contributed by atoms with Gasteiger partial charge >= 0.3 is 10.2 Å². The number of carbonyl (C=O) groups is 2. The van der Waals surface area contributed by atoms with Crippen LogP contribution in [0.3, 0.4) is 0 Å². The smallest absolute Gasteiger partial charge is 0.304 e. The first-order valence-corrected chi connectivity index (χ1v) is 14.6. The molecule has 0 bridgehead atoms. The molecular formula is C30H37FN4O4S. The molecule has 3 aromatic rings. The summed E-state index contributed by atoms with van der Waals surface area (Å²) in [7, 11) is -1.42. The number of amides is 2. The Bertz CT molecular complexity index is 1350. The van der Waals surface area contributed by atoms with Crippen LogP contribution in [0.1, 0.15) is 31.4 Å². The van der Waals surface area contributed by atoms with Gasteiger partial charge in [-0.1, -0.05) is 67.6 Å². The molecule has 0 heterocycles. The zero-order valence-electron chi connectivity index (χ0n) is 23.3. The molecule has 0 saturated carbocycles. The van der Waals surface area contributed by atoms with Gasteiger partial charge in [0.1, 0.15) is 18.4 Å². The molecule has 40 heavy (non-hydrogen) atoms. The molecule has 0 fully saturated rings. The first-order chi connectivity index (χ1) is 19.0. The number of benzene rings is 3. The number of nitrogens with zero attached hydrogens (tertiary/aromatic N) is 3. The molecule has 214 valence electrons. The van der Waals surface area contributed by atoms with Gasteiger partial charge in [0.2, 0.25) is 11.8 Å². The van der Waals surface area contributed by atoms with Crippen molar-refractivity contribution in [3.05, 3.63) is 102 Å². The molecule has 0 aliphatic rings. The van der Waals surface area contributed by atoms with Crippen LogP contribution >= 0.6 is 0 Å². The number of nitrogens with one attached hydrogen (secondary N) is 1. The number of hydrogen-bond donors (Lipinski definition) is 1. The Morgan fingerprint density at radius 1 is 0.875 bits per heavy atom. The minimum Gasteiger partial charge on any atom is -0.352 e. The number of anilines is 1. The van der Waals surface area contributed by atoms with E-state index in [2.05, 4.69) is 5.32 Å². The molecule has 0 spiro atoms. The van der Waals surface area contributed by atoms with E-state index in [9.17, 15) is 22.4 Å². The van der Waals surface area contributed by atoms with Crippen LogP contribution in [-0.4, -0.2) is 62.2 Å². The fourth-order valence-electron chi connectivity index (χ4n) is 4.10. The van der Waals surface area contributed by atoms with Crippen molar-refractivity contribution < 1.29 is 22.4 Å². The van der Waals surface area contributed by atoms with Crippen LogP contribution in [0.25, 0.3) is 0 Å². The van der Waals surface area contributed by atoms with Crippen LogP contribution in [0.15, 0.2) is 84.9 Å². The third kappa shape index (κ3) is 8.12. The Morgan fingerprint density at radius 3 is 1.95 bits per heavy atom. The average molecular weight is 569 g/mol. The van der Waals surface area contributed by atoms with E-state index in [4.69, 9.17) is 0 Å². The fourth-order valence-corrected chi connectivity index (χ4v) is 5.16. The molecule has 0 saturated heterocycles. The lowest BCUT2D eigenvalue weighted by molar-refractivity contribution is -0.140. The summed E-state index contributed by atoms with van der Waals surface area (Å²) in [4.78, 5) is 29.2. The highest BCUT2D eigenvalue weighted by molar-refractivity contribution is 7.90. The van der Waals surface area contributed by atoms with Crippen LogP contribution in [-0.2, 0) is 32.8 Å². The molecule has 0 radical (unpaired) electrons. The van der Waals surface area contributed by atoms with Gasteiger partial charge in [0.15, 0.2) is 0 Å². The van der Waals surface area contributed by atoms with E-state index in [0.717, 1.165) is 31.9 Å². The third-order valence-corrected chi connectivity index (χ3v) is 8.42. The minimum atomic E-state index is -4.14. The van der Waals surface area contributed by atoms with Gasteiger partial charge < -0.3 is 10.2 Å². The van der Waals surface area contributed by atoms with Gasteiger partial charge in [0.25, 0.3) is 0 Å². The van der Waals surface area contributed by atoms with E-state index in [1.165, 1.54) is 31.1 Å². The average Bonchev–Trinajstić information content (AvgIpc) is 2.94. The lowest BCUT2D eigenvalue weighted by atomic mass is 10.0. The Balaban J connectivity index is 2.07. The normalized spacial score (nSPS) is 12.9. The zero-order valence-corrected chi connectivity index (χ0v) is 24.1. The van der Waals surface area contributed by atoms with Gasteiger partial charge in [-0.2, -0.15) is 12.7 Å². The molecule has 0 unspecified atom stereocenters. The molecule has 2 atom stereocenters. The van der Waals surface area contributed by atoms with Crippen LogP contribution in [0.2, 0.25) is 0 Å². The second kappa shape index (κ2) is 14.0. The molecule has 0 aromatic heterocycles. The van der Waals surface area contributed by atoms with E-state index in [0.29, 0.717) is 6.42 Å². The van der Waals surface area contributed by atoms with Crippen molar-refractivity contribution in [2.75, 3.05) is 24.9 Å². The lowest BCUT2D eigenvalue weighted by Gasteiger charge is -2.35. The van der Waals surface area contributed by atoms with Gasteiger partial charge in [-0.15, -0.1) is 0 Å². The Morgan fingerprint density at radius 2 is 1.43 bits per heavy atom. The Kier molecular flexibility index (Phi) is 10.8. The SMILES string of the molecule is CC[C@@H](C)NC(=O)[C@H](Cc1ccccc1)N(Cc1ccccc1)C(=O)CN(c1ccc(F)cc1)S(=O)(=O)N(C)C. The monoisotopic (exact) mass is 568 g/mol. The predicted molar refractivity (Wildman–Crippen MR) is 155 cm³/mol. The number of halogens is 1. The first-order valence-electron chi connectivity index (χ1n) is 13.2. The van der Waals surface area contributed by atoms with E-state index >= 15 is 0 Å². The van der Waals surface area contributed by atoms with Gasteiger partial charge in [-0.3, -0.25) is 9.59 Å². The standard InChI is InChI=1S/C30H37FN4O4S/c1-5-23(2)32-30(37)28(20-24-12-8-6-9-13-24)34(21-25-14-10-7-11-15-25)29(36)22-35(40(38,39)33(3)4)27-18-16-26(31)17-19-27/h6-19,23,28H,5,20-22H2,1-4H3,(H,32,37)/t23-,28+/m1/s1. The van der Waals surface area contributed by atoms with E-state index in [1.54, 1.807) is 0 Å².